The van der Waals surface area contributed by atoms with E-state index in [2.05, 4.69) is 11.4 Å². The summed E-state index contributed by atoms with van der Waals surface area (Å²) < 4.78 is 18.9. The van der Waals surface area contributed by atoms with Crippen molar-refractivity contribution in [2.75, 3.05) is 11.4 Å². The molecule has 2 aromatic carbocycles. The average molecular weight is 364 g/mol. The highest BCUT2D eigenvalue weighted by atomic mass is 19.1. The van der Waals surface area contributed by atoms with Crippen LogP contribution in [0.25, 0.3) is 11.3 Å². The number of furan rings is 1. The molecule has 1 N–H and O–H groups in total. The lowest BCUT2D eigenvalue weighted by molar-refractivity contribution is -0.117. The molecule has 4 nitrogen and oxygen atoms in total. The van der Waals surface area contributed by atoms with Crippen LogP contribution in [0.3, 0.4) is 0 Å². The van der Waals surface area contributed by atoms with Gasteiger partial charge in [0.15, 0.2) is 0 Å². The topological polar surface area (TPSA) is 45.5 Å². The second-order valence-corrected chi connectivity index (χ2v) is 6.70. The average Bonchev–Trinajstić information content (AvgIpc) is 3.32. The van der Waals surface area contributed by atoms with Gasteiger partial charge in [-0.3, -0.25) is 4.79 Å². The van der Waals surface area contributed by atoms with E-state index < -0.39 is 0 Å². The second kappa shape index (κ2) is 7.76. The zero-order valence-corrected chi connectivity index (χ0v) is 15.0. The van der Waals surface area contributed by atoms with E-state index in [-0.39, 0.29) is 11.7 Å². The molecule has 3 aromatic rings. The van der Waals surface area contributed by atoms with E-state index in [1.54, 1.807) is 12.1 Å². The standard InChI is InChI=1S/C22H21FN2O2/c23-18-8-6-17(7-9-18)21-11-10-20(27-21)15-24-14-16-3-1-4-19(13-16)25-12-2-5-22(25)26/h1,3-4,6-11,13,24H,2,5,12,14-15H2. The number of anilines is 1. The lowest BCUT2D eigenvalue weighted by atomic mass is 10.2. The number of nitrogens with one attached hydrogen (secondary N) is 1. The lowest BCUT2D eigenvalue weighted by Gasteiger charge is -2.16. The number of nitrogens with zero attached hydrogens (tertiary/aromatic N) is 1. The Balaban J connectivity index is 1.35. The smallest absolute Gasteiger partial charge is 0.227 e. The van der Waals surface area contributed by atoms with Gasteiger partial charge in [-0.2, -0.15) is 0 Å². The van der Waals surface area contributed by atoms with Crippen molar-refractivity contribution in [1.29, 1.82) is 0 Å². The third-order valence-electron chi connectivity index (χ3n) is 4.71. The fourth-order valence-electron chi connectivity index (χ4n) is 3.33. The number of amides is 1. The molecule has 5 heteroatoms. The highest BCUT2D eigenvalue weighted by Crippen LogP contribution is 2.23. The molecule has 0 atom stereocenters. The van der Waals surface area contributed by atoms with Gasteiger partial charge in [-0.15, -0.1) is 0 Å². The summed E-state index contributed by atoms with van der Waals surface area (Å²) in [5.74, 6) is 1.48. The Labute approximate surface area is 157 Å². The van der Waals surface area contributed by atoms with Gasteiger partial charge in [-0.25, -0.2) is 4.39 Å². The summed E-state index contributed by atoms with van der Waals surface area (Å²) in [5.41, 5.74) is 2.94. The number of rotatable bonds is 6. The van der Waals surface area contributed by atoms with Crippen LogP contribution in [0.2, 0.25) is 0 Å². The fraction of sp³-hybridized carbons (Fsp3) is 0.227. The third-order valence-corrected chi connectivity index (χ3v) is 4.71. The van der Waals surface area contributed by atoms with Gasteiger partial charge in [0.25, 0.3) is 0 Å². The predicted molar refractivity (Wildman–Crippen MR) is 103 cm³/mol. The SMILES string of the molecule is O=C1CCCN1c1cccc(CNCc2ccc(-c3ccc(F)cc3)o2)c1. The molecule has 27 heavy (non-hydrogen) atoms. The van der Waals surface area contributed by atoms with E-state index in [9.17, 15) is 9.18 Å². The summed E-state index contributed by atoms with van der Waals surface area (Å²) in [6, 6.07) is 18.1. The quantitative estimate of drug-likeness (QED) is 0.700. The maximum Gasteiger partial charge on any atom is 0.227 e. The second-order valence-electron chi connectivity index (χ2n) is 6.70. The third kappa shape index (κ3) is 4.09. The van der Waals surface area contributed by atoms with Crippen LogP contribution in [0, 0.1) is 5.82 Å². The predicted octanol–water partition coefficient (Wildman–Crippen LogP) is 4.50. The molecule has 0 radical (unpaired) electrons. The number of benzene rings is 2. The van der Waals surface area contributed by atoms with Crippen LogP contribution in [-0.4, -0.2) is 12.5 Å². The van der Waals surface area contributed by atoms with Crippen LogP contribution >= 0.6 is 0 Å². The molecule has 1 aliphatic heterocycles. The molecular formula is C22H21FN2O2. The fourth-order valence-corrected chi connectivity index (χ4v) is 3.33. The minimum atomic E-state index is -0.259. The van der Waals surface area contributed by atoms with Gasteiger partial charge < -0.3 is 14.6 Å². The first-order valence-corrected chi connectivity index (χ1v) is 9.14. The maximum atomic E-state index is 13.0. The molecule has 1 saturated heterocycles. The van der Waals surface area contributed by atoms with Gasteiger partial charge >= 0.3 is 0 Å². The lowest BCUT2D eigenvalue weighted by Crippen LogP contribution is -2.23. The number of halogens is 1. The Morgan fingerprint density at radius 2 is 1.89 bits per heavy atom. The van der Waals surface area contributed by atoms with Crippen LogP contribution in [0.4, 0.5) is 10.1 Å². The van der Waals surface area contributed by atoms with E-state index in [0.717, 1.165) is 41.3 Å². The molecule has 1 fully saturated rings. The minimum absolute atomic E-state index is 0.198. The molecule has 0 bridgehead atoms. The summed E-state index contributed by atoms with van der Waals surface area (Å²) >= 11 is 0. The van der Waals surface area contributed by atoms with Crippen molar-refractivity contribution >= 4 is 11.6 Å². The highest BCUT2D eigenvalue weighted by Gasteiger charge is 2.21. The zero-order chi connectivity index (χ0) is 18.6. The Bertz CT molecular complexity index is 933. The molecule has 1 aliphatic rings. The molecule has 4 rings (SSSR count). The summed E-state index contributed by atoms with van der Waals surface area (Å²) in [5, 5.41) is 3.36. The first-order valence-electron chi connectivity index (χ1n) is 9.14. The van der Waals surface area contributed by atoms with E-state index in [4.69, 9.17) is 4.42 Å². The number of hydrogen-bond acceptors (Lipinski definition) is 3. The van der Waals surface area contributed by atoms with Gasteiger partial charge in [0.05, 0.1) is 6.54 Å². The van der Waals surface area contributed by atoms with Crippen LogP contribution < -0.4 is 10.2 Å². The molecule has 0 spiro atoms. The Kier molecular flexibility index (Phi) is 5.03. The van der Waals surface area contributed by atoms with Crippen LogP contribution in [-0.2, 0) is 17.9 Å². The molecule has 1 aromatic heterocycles. The van der Waals surface area contributed by atoms with Gasteiger partial charge in [0, 0.05) is 30.8 Å². The van der Waals surface area contributed by atoms with Crippen molar-refractivity contribution in [3.63, 3.8) is 0 Å². The summed E-state index contributed by atoms with van der Waals surface area (Å²) in [6.07, 6.45) is 1.56. The molecule has 2 heterocycles. The van der Waals surface area contributed by atoms with Gasteiger partial charge in [-0.05, 0) is 60.5 Å². The van der Waals surface area contributed by atoms with Crippen molar-refractivity contribution < 1.29 is 13.6 Å². The molecule has 138 valence electrons. The maximum absolute atomic E-state index is 13.0. The first-order chi connectivity index (χ1) is 13.2. The van der Waals surface area contributed by atoms with Crippen molar-refractivity contribution in [2.24, 2.45) is 0 Å². The Morgan fingerprint density at radius 1 is 1.04 bits per heavy atom. The first kappa shape index (κ1) is 17.5. The number of carbonyl (C=O) groups is 1. The molecule has 0 unspecified atom stereocenters. The van der Waals surface area contributed by atoms with E-state index >= 15 is 0 Å². The normalized spacial score (nSPS) is 14.1. The summed E-state index contributed by atoms with van der Waals surface area (Å²) in [4.78, 5) is 13.8. The van der Waals surface area contributed by atoms with Gasteiger partial charge in [-0.1, -0.05) is 12.1 Å². The molecule has 1 amide bonds. The number of carbonyl (C=O) groups excluding carboxylic acids is 1. The van der Waals surface area contributed by atoms with Crippen LogP contribution in [0.1, 0.15) is 24.2 Å². The minimum Gasteiger partial charge on any atom is -0.460 e. The van der Waals surface area contributed by atoms with E-state index in [0.29, 0.717) is 19.5 Å². The Morgan fingerprint density at radius 3 is 2.67 bits per heavy atom. The van der Waals surface area contributed by atoms with Crippen molar-refractivity contribution in [3.05, 3.63) is 77.8 Å². The molecular weight excluding hydrogens is 343 g/mol. The molecule has 0 saturated carbocycles. The van der Waals surface area contributed by atoms with Crippen LogP contribution in [0.5, 0.6) is 0 Å². The number of hydrogen-bond donors (Lipinski definition) is 1. The van der Waals surface area contributed by atoms with Crippen molar-refractivity contribution in [1.82, 2.24) is 5.32 Å². The zero-order valence-electron chi connectivity index (χ0n) is 15.0. The summed E-state index contributed by atoms with van der Waals surface area (Å²) in [6.45, 7) is 2.07. The molecule has 0 aliphatic carbocycles. The van der Waals surface area contributed by atoms with Crippen LogP contribution in [0.15, 0.2) is 65.1 Å². The van der Waals surface area contributed by atoms with Gasteiger partial charge in [0.1, 0.15) is 17.3 Å². The monoisotopic (exact) mass is 364 g/mol. The van der Waals surface area contributed by atoms with E-state index in [1.807, 2.05) is 35.2 Å². The van der Waals surface area contributed by atoms with Crippen molar-refractivity contribution in [2.45, 2.75) is 25.9 Å². The summed E-state index contributed by atoms with van der Waals surface area (Å²) in [7, 11) is 0. The van der Waals surface area contributed by atoms with Gasteiger partial charge in [0.2, 0.25) is 5.91 Å². The van der Waals surface area contributed by atoms with Crippen molar-refractivity contribution in [3.8, 4) is 11.3 Å². The Hall–Kier alpha value is -2.92. The van der Waals surface area contributed by atoms with E-state index in [1.165, 1.54) is 12.1 Å². The highest BCUT2D eigenvalue weighted by molar-refractivity contribution is 5.95. The largest absolute Gasteiger partial charge is 0.460 e.